The highest BCUT2D eigenvalue weighted by Gasteiger charge is 2.16. The minimum absolute atomic E-state index is 0.149. The normalized spacial score (nSPS) is 11.2. The average Bonchev–Trinajstić information content (AvgIpc) is 3.51. The highest BCUT2D eigenvalue weighted by atomic mass is 32.1. The zero-order valence-electron chi connectivity index (χ0n) is 17.6. The monoisotopic (exact) mass is 445 g/mol. The van der Waals surface area contributed by atoms with E-state index in [0.29, 0.717) is 5.56 Å². The molecule has 1 amide bonds. The minimum atomic E-state index is -0.149. The summed E-state index contributed by atoms with van der Waals surface area (Å²) in [5, 5.41) is 12.6. The Morgan fingerprint density at radius 3 is 2.45 bits per heavy atom. The van der Waals surface area contributed by atoms with Crippen molar-refractivity contribution < 1.29 is 4.79 Å². The van der Waals surface area contributed by atoms with Crippen LogP contribution in [0.15, 0.2) is 103 Å². The van der Waals surface area contributed by atoms with Crippen LogP contribution in [0.2, 0.25) is 0 Å². The van der Waals surface area contributed by atoms with Gasteiger partial charge in [0.1, 0.15) is 0 Å². The molecule has 6 aromatic rings. The van der Waals surface area contributed by atoms with Crippen LogP contribution >= 0.6 is 11.3 Å². The number of para-hydroxylation sites is 1. The van der Waals surface area contributed by atoms with E-state index in [2.05, 4.69) is 33.7 Å². The van der Waals surface area contributed by atoms with Crippen molar-refractivity contribution in [3.63, 3.8) is 0 Å². The van der Waals surface area contributed by atoms with E-state index in [4.69, 9.17) is 0 Å². The van der Waals surface area contributed by atoms with Gasteiger partial charge in [-0.2, -0.15) is 5.10 Å². The summed E-state index contributed by atoms with van der Waals surface area (Å²) in [4.78, 5) is 14.5. The first-order valence-corrected chi connectivity index (χ1v) is 11.5. The van der Waals surface area contributed by atoms with Crippen LogP contribution in [0.5, 0.6) is 0 Å². The quantitative estimate of drug-likeness (QED) is 0.298. The number of nitrogens with one attached hydrogen (secondary N) is 2. The van der Waals surface area contributed by atoms with E-state index in [9.17, 15) is 4.79 Å². The number of aromatic amines is 1. The van der Waals surface area contributed by atoms with E-state index in [0.717, 1.165) is 38.2 Å². The van der Waals surface area contributed by atoms with Crippen LogP contribution < -0.4 is 5.32 Å². The summed E-state index contributed by atoms with van der Waals surface area (Å²) in [7, 11) is 0. The molecule has 0 atom stereocenters. The number of carbonyl (C=O) groups excluding carboxylic acids is 1. The number of nitrogens with zero attached hydrogens (tertiary/aromatic N) is 1. The van der Waals surface area contributed by atoms with Crippen LogP contribution in [-0.2, 0) is 0 Å². The molecule has 0 aliphatic rings. The lowest BCUT2D eigenvalue weighted by atomic mass is 10.0. The molecule has 0 aliphatic heterocycles. The van der Waals surface area contributed by atoms with Crippen molar-refractivity contribution in [2.75, 3.05) is 5.32 Å². The van der Waals surface area contributed by atoms with Gasteiger partial charge >= 0.3 is 0 Å². The molecule has 0 unspecified atom stereocenters. The third kappa shape index (κ3) is 3.58. The molecule has 2 N–H and O–H groups in total. The first kappa shape index (κ1) is 19.5. The number of fused-ring (bicyclic) bond motifs is 2. The van der Waals surface area contributed by atoms with Gasteiger partial charge in [0.2, 0.25) is 0 Å². The average molecular weight is 446 g/mol. The molecule has 158 valence electrons. The summed E-state index contributed by atoms with van der Waals surface area (Å²) >= 11 is 1.71. The Hall–Kier alpha value is -4.22. The molecule has 6 rings (SSSR count). The molecule has 0 radical (unpaired) electrons. The Morgan fingerprint density at radius 1 is 0.788 bits per heavy atom. The smallest absolute Gasteiger partial charge is 0.255 e. The lowest BCUT2D eigenvalue weighted by Crippen LogP contribution is -2.12. The summed E-state index contributed by atoms with van der Waals surface area (Å²) in [6, 6.07) is 32.3. The fourth-order valence-electron chi connectivity index (χ4n) is 4.15. The van der Waals surface area contributed by atoms with Gasteiger partial charge in [-0.25, -0.2) is 0 Å². The molecule has 0 saturated carbocycles. The number of H-pyrrole nitrogens is 1. The summed E-state index contributed by atoms with van der Waals surface area (Å²) in [6.07, 6.45) is 1.76. The van der Waals surface area contributed by atoms with Crippen molar-refractivity contribution in [1.82, 2.24) is 10.2 Å². The Morgan fingerprint density at radius 2 is 1.58 bits per heavy atom. The summed E-state index contributed by atoms with van der Waals surface area (Å²) in [5.41, 5.74) is 5.34. The van der Waals surface area contributed by atoms with E-state index >= 15 is 0 Å². The van der Waals surface area contributed by atoms with E-state index in [1.165, 1.54) is 10.1 Å². The summed E-state index contributed by atoms with van der Waals surface area (Å²) in [6.45, 7) is 0. The number of hydrogen-bond acceptors (Lipinski definition) is 3. The lowest BCUT2D eigenvalue weighted by molar-refractivity contribution is 0.102. The molecular weight excluding hydrogens is 426 g/mol. The van der Waals surface area contributed by atoms with Crippen molar-refractivity contribution in [2.45, 2.75) is 0 Å². The number of rotatable bonds is 4. The number of amides is 1. The van der Waals surface area contributed by atoms with Crippen molar-refractivity contribution in [3.05, 3.63) is 109 Å². The summed E-state index contributed by atoms with van der Waals surface area (Å²) in [5.74, 6) is -0.149. The van der Waals surface area contributed by atoms with Crippen LogP contribution in [-0.4, -0.2) is 16.1 Å². The number of anilines is 1. The molecule has 2 aromatic heterocycles. The predicted molar refractivity (Wildman–Crippen MR) is 137 cm³/mol. The Labute approximate surface area is 194 Å². The van der Waals surface area contributed by atoms with Crippen LogP contribution in [0.4, 0.5) is 5.69 Å². The zero-order chi connectivity index (χ0) is 22.2. The zero-order valence-corrected chi connectivity index (χ0v) is 18.4. The molecule has 0 bridgehead atoms. The van der Waals surface area contributed by atoms with Gasteiger partial charge < -0.3 is 5.32 Å². The topological polar surface area (TPSA) is 57.8 Å². The van der Waals surface area contributed by atoms with Gasteiger partial charge in [0.05, 0.1) is 11.7 Å². The molecule has 0 spiro atoms. The number of aromatic nitrogens is 2. The van der Waals surface area contributed by atoms with E-state index < -0.39 is 0 Å². The third-order valence-corrected chi connectivity index (χ3v) is 6.91. The van der Waals surface area contributed by atoms with Crippen LogP contribution in [0, 0.1) is 0 Å². The number of carbonyl (C=O) groups is 1. The first-order valence-electron chi connectivity index (χ1n) is 10.7. The molecule has 4 nitrogen and oxygen atoms in total. The fourth-order valence-corrected chi connectivity index (χ4v) is 5.24. The van der Waals surface area contributed by atoms with Crippen LogP contribution in [0.1, 0.15) is 10.4 Å². The fraction of sp³-hybridized carbons (Fsp3) is 0. The van der Waals surface area contributed by atoms with Crippen molar-refractivity contribution in [3.8, 4) is 21.6 Å². The lowest BCUT2D eigenvalue weighted by Gasteiger charge is -2.12. The number of benzene rings is 4. The second-order valence-corrected chi connectivity index (χ2v) is 8.96. The Balaban J connectivity index is 1.41. The van der Waals surface area contributed by atoms with E-state index in [1.807, 2.05) is 78.9 Å². The second kappa shape index (κ2) is 8.04. The van der Waals surface area contributed by atoms with Crippen molar-refractivity contribution >= 4 is 43.9 Å². The third-order valence-electron chi connectivity index (χ3n) is 5.76. The summed E-state index contributed by atoms with van der Waals surface area (Å²) < 4.78 is 1.21. The van der Waals surface area contributed by atoms with E-state index in [-0.39, 0.29) is 5.91 Å². The molecule has 5 heteroatoms. The van der Waals surface area contributed by atoms with Gasteiger partial charge in [0.25, 0.3) is 5.91 Å². The highest BCUT2D eigenvalue weighted by molar-refractivity contribution is 7.22. The van der Waals surface area contributed by atoms with Gasteiger partial charge in [0, 0.05) is 37.3 Å². The minimum Gasteiger partial charge on any atom is -0.321 e. The first-order chi connectivity index (χ1) is 16.3. The number of hydrogen-bond donors (Lipinski definition) is 2. The van der Waals surface area contributed by atoms with Gasteiger partial charge in [0.15, 0.2) is 0 Å². The van der Waals surface area contributed by atoms with Gasteiger partial charge in [-0.15, -0.1) is 11.3 Å². The molecule has 33 heavy (non-hydrogen) atoms. The molecule has 0 saturated heterocycles. The largest absolute Gasteiger partial charge is 0.321 e. The van der Waals surface area contributed by atoms with Gasteiger partial charge in [-0.1, -0.05) is 66.7 Å². The maximum Gasteiger partial charge on any atom is 0.255 e. The maximum absolute atomic E-state index is 13.4. The predicted octanol–water partition coefficient (Wildman–Crippen LogP) is 7.36. The molecule has 0 fully saturated rings. The van der Waals surface area contributed by atoms with Crippen molar-refractivity contribution in [1.29, 1.82) is 0 Å². The van der Waals surface area contributed by atoms with Crippen LogP contribution in [0.3, 0.4) is 0 Å². The maximum atomic E-state index is 13.4. The van der Waals surface area contributed by atoms with Crippen molar-refractivity contribution in [2.24, 2.45) is 0 Å². The van der Waals surface area contributed by atoms with Gasteiger partial charge in [-0.05, 0) is 41.3 Å². The Bertz CT molecular complexity index is 1580. The van der Waals surface area contributed by atoms with Crippen LogP contribution in [0.25, 0.3) is 42.6 Å². The standard InChI is InChI=1S/C28H19N3OS/c32-28(30-24-12-6-5-11-22(24)18-8-2-1-3-9-18)20-14-21-17-29-31-27(21)23(15-20)26-16-19-10-4-7-13-25(19)33-26/h1-17H,(H,29,31)(H,30,32). The SMILES string of the molecule is O=C(Nc1ccccc1-c1ccccc1)c1cc(-c2cc3ccccc3s2)c2[nH]ncc2c1. The molecular formula is C28H19N3OS. The number of thiophene rings is 1. The van der Waals surface area contributed by atoms with E-state index in [1.54, 1.807) is 17.5 Å². The Kier molecular flexibility index (Phi) is 4.74. The van der Waals surface area contributed by atoms with Gasteiger partial charge in [-0.3, -0.25) is 9.89 Å². The molecule has 0 aliphatic carbocycles. The second-order valence-electron chi connectivity index (χ2n) is 7.87. The molecule has 4 aromatic carbocycles. The molecule has 2 heterocycles. The highest BCUT2D eigenvalue weighted by Crippen LogP contribution is 2.37.